The van der Waals surface area contributed by atoms with Crippen molar-refractivity contribution in [2.45, 2.75) is 24.7 Å². The third-order valence-corrected chi connectivity index (χ3v) is 6.14. The zero-order chi connectivity index (χ0) is 26.2. The molecule has 1 saturated heterocycles. The van der Waals surface area contributed by atoms with Crippen molar-refractivity contribution in [1.29, 1.82) is 0 Å². The molecule has 0 spiro atoms. The SMILES string of the molecule is O=C(Nc1cncc(OC[C@H](O)CO)n1)N1c2nc(-c3cccc(C(F)(F)F)c3)ccc2N2CCC1C2. The molecule has 2 atom stereocenters. The number of halogens is 3. The number of nitrogens with zero attached hydrogens (tertiary/aromatic N) is 5. The van der Waals surface area contributed by atoms with Crippen LogP contribution in [0, 0.1) is 0 Å². The van der Waals surface area contributed by atoms with Crippen LogP contribution in [-0.4, -0.2) is 69.6 Å². The predicted molar refractivity (Wildman–Crippen MR) is 127 cm³/mol. The summed E-state index contributed by atoms with van der Waals surface area (Å²) in [5.41, 5.74) is 0.519. The molecule has 194 valence electrons. The molecule has 5 rings (SSSR count). The third-order valence-electron chi connectivity index (χ3n) is 6.14. The zero-order valence-corrected chi connectivity index (χ0v) is 19.4. The number of anilines is 3. The molecule has 2 aromatic heterocycles. The first-order chi connectivity index (χ1) is 17.7. The van der Waals surface area contributed by atoms with Gasteiger partial charge in [-0.1, -0.05) is 12.1 Å². The molecule has 4 heterocycles. The second-order valence-corrected chi connectivity index (χ2v) is 8.70. The summed E-state index contributed by atoms with van der Waals surface area (Å²) >= 11 is 0. The number of aliphatic hydroxyl groups is 2. The van der Waals surface area contributed by atoms with Gasteiger partial charge in [0.25, 0.3) is 0 Å². The fraction of sp³-hybridized carbons (Fsp3) is 0.333. The molecule has 2 aliphatic rings. The van der Waals surface area contributed by atoms with Crippen LogP contribution >= 0.6 is 0 Å². The van der Waals surface area contributed by atoms with E-state index in [-0.39, 0.29) is 29.9 Å². The van der Waals surface area contributed by atoms with E-state index in [1.165, 1.54) is 23.4 Å². The molecule has 3 aromatic rings. The predicted octanol–water partition coefficient (Wildman–Crippen LogP) is 2.92. The second kappa shape index (κ2) is 9.82. The minimum Gasteiger partial charge on any atom is -0.474 e. The lowest BCUT2D eigenvalue weighted by Crippen LogP contribution is -2.48. The van der Waals surface area contributed by atoms with Crippen LogP contribution in [0.3, 0.4) is 0 Å². The Kier molecular flexibility index (Phi) is 6.56. The number of rotatable bonds is 6. The minimum atomic E-state index is -4.49. The van der Waals surface area contributed by atoms with Crippen molar-refractivity contribution >= 4 is 23.4 Å². The largest absolute Gasteiger partial charge is 0.474 e. The number of carbonyl (C=O) groups excluding carboxylic acids is 1. The molecule has 0 saturated carbocycles. The van der Waals surface area contributed by atoms with Crippen LogP contribution in [-0.2, 0) is 6.18 Å². The molecule has 0 radical (unpaired) electrons. The van der Waals surface area contributed by atoms with Gasteiger partial charge in [0.15, 0.2) is 11.6 Å². The van der Waals surface area contributed by atoms with Crippen LogP contribution in [0.25, 0.3) is 11.3 Å². The van der Waals surface area contributed by atoms with E-state index in [0.717, 1.165) is 12.1 Å². The Hall–Kier alpha value is -3.97. The van der Waals surface area contributed by atoms with Crippen molar-refractivity contribution < 1.29 is 32.9 Å². The van der Waals surface area contributed by atoms with Gasteiger partial charge in [-0.3, -0.25) is 15.2 Å². The van der Waals surface area contributed by atoms with Gasteiger partial charge in [0.1, 0.15) is 12.7 Å². The highest BCUT2D eigenvalue weighted by Crippen LogP contribution is 2.41. The normalized spacial score (nSPS) is 17.4. The zero-order valence-electron chi connectivity index (χ0n) is 19.4. The molecule has 1 aromatic carbocycles. The Balaban J connectivity index is 1.42. The number of ether oxygens (including phenoxy) is 1. The maximum absolute atomic E-state index is 13.4. The van der Waals surface area contributed by atoms with Crippen LogP contribution in [0.4, 0.5) is 35.3 Å². The van der Waals surface area contributed by atoms with Crippen LogP contribution in [0.5, 0.6) is 5.88 Å². The van der Waals surface area contributed by atoms with E-state index in [9.17, 15) is 23.1 Å². The Morgan fingerprint density at radius 1 is 1.22 bits per heavy atom. The topological polar surface area (TPSA) is 124 Å². The molecule has 0 aliphatic carbocycles. The number of aromatic nitrogens is 3. The number of carbonyl (C=O) groups is 1. The lowest BCUT2D eigenvalue weighted by Gasteiger charge is -2.35. The molecule has 2 bridgehead atoms. The van der Waals surface area contributed by atoms with E-state index < -0.39 is 30.5 Å². The number of alkyl halides is 3. The van der Waals surface area contributed by atoms with E-state index in [4.69, 9.17) is 9.84 Å². The molecule has 37 heavy (non-hydrogen) atoms. The molecule has 2 amide bonds. The highest BCUT2D eigenvalue weighted by atomic mass is 19.4. The summed E-state index contributed by atoms with van der Waals surface area (Å²) in [6.45, 7) is 0.621. The van der Waals surface area contributed by atoms with E-state index in [1.807, 2.05) is 0 Å². The highest BCUT2D eigenvalue weighted by molar-refractivity contribution is 6.04. The molecular weight excluding hydrogens is 493 g/mol. The van der Waals surface area contributed by atoms with Crippen LogP contribution < -0.4 is 19.9 Å². The average Bonchev–Trinajstić information content (AvgIpc) is 3.31. The average molecular weight is 516 g/mol. The molecule has 13 heteroatoms. The number of benzene rings is 1. The van der Waals surface area contributed by atoms with Gasteiger partial charge in [0.2, 0.25) is 5.88 Å². The van der Waals surface area contributed by atoms with Gasteiger partial charge in [-0.2, -0.15) is 18.2 Å². The minimum absolute atomic E-state index is 0.0429. The second-order valence-electron chi connectivity index (χ2n) is 8.70. The lowest BCUT2D eigenvalue weighted by molar-refractivity contribution is -0.137. The number of urea groups is 1. The van der Waals surface area contributed by atoms with Gasteiger partial charge in [-0.15, -0.1) is 0 Å². The van der Waals surface area contributed by atoms with Crippen molar-refractivity contribution in [2.75, 3.05) is 41.4 Å². The Labute approximate surface area is 209 Å². The van der Waals surface area contributed by atoms with E-state index in [2.05, 4.69) is 25.2 Å². The van der Waals surface area contributed by atoms with Crippen LogP contribution in [0.1, 0.15) is 12.0 Å². The standard InChI is InChI=1S/C24H23F3N6O4/c25-24(26,27)15-3-1-2-14(8-15)18-4-5-19-22(29-18)33(16-6-7-32(19)11-16)23(36)31-20-9-28-10-21(30-20)37-13-17(35)12-34/h1-5,8-10,16-17,34-35H,6-7,11-13H2,(H,30,31,36)/t16?,17-/m1/s1. The first-order valence-corrected chi connectivity index (χ1v) is 11.5. The van der Waals surface area contributed by atoms with E-state index in [0.29, 0.717) is 36.7 Å². The first-order valence-electron chi connectivity index (χ1n) is 11.5. The van der Waals surface area contributed by atoms with Gasteiger partial charge in [0, 0.05) is 18.7 Å². The first kappa shape index (κ1) is 24.7. The van der Waals surface area contributed by atoms with Crippen LogP contribution in [0.15, 0.2) is 48.8 Å². The number of hydrogen-bond acceptors (Lipinski definition) is 8. The third kappa shape index (κ3) is 5.13. The number of aliphatic hydroxyl groups excluding tert-OH is 2. The van der Waals surface area contributed by atoms with Gasteiger partial charge >= 0.3 is 12.2 Å². The number of nitrogens with one attached hydrogen (secondary N) is 1. The van der Waals surface area contributed by atoms with E-state index in [1.54, 1.807) is 18.2 Å². The molecular formula is C24H23F3N6O4. The van der Waals surface area contributed by atoms with Gasteiger partial charge < -0.3 is 19.8 Å². The number of amides is 2. The monoisotopic (exact) mass is 516 g/mol. The highest BCUT2D eigenvalue weighted by Gasteiger charge is 2.40. The maximum atomic E-state index is 13.4. The molecule has 2 aliphatic heterocycles. The molecule has 3 N–H and O–H groups in total. The summed E-state index contributed by atoms with van der Waals surface area (Å²) in [5.74, 6) is 0.478. The number of pyridine rings is 1. The Morgan fingerprint density at radius 3 is 2.84 bits per heavy atom. The fourth-order valence-electron chi connectivity index (χ4n) is 4.37. The van der Waals surface area contributed by atoms with Crippen molar-refractivity contribution in [3.05, 3.63) is 54.4 Å². The maximum Gasteiger partial charge on any atom is 0.416 e. The summed E-state index contributed by atoms with van der Waals surface area (Å²) in [5, 5.41) is 21.0. The summed E-state index contributed by atoms with van der Waals surface area (Å²) in [7, 11) is 0. The molecule has 1 unspecified atom stereocenters. The van der Waals surface area contributed by atoms with Gasteiger partial charge in [-0.25, -0.2) is 9.78 Å². The number of hydrogen-bond donors (Lipinski definition) is 3. The summed E-state index contributed by atoms with van der Waals surface area (Å²) in [6.07, 6.45) is -2.26. The fourth-order valence-corrected chi connectivity index (χ4v) is 4.37. The molecule has 10 nitrogen and oxygen atoms in total. The summed E-state index contributed by atoms with van der Waals surface area (Å²) in [4.78, 5) is 29.7. The quantitative estimate of drug-likeness (QED) is 0.457. The van der Waals surface area contributed by atoms with E-state index >= 15 is 0 Å². The van der Waals surface area contributed by atoms with Gasteiger partial charge in [0.05, 0.1) is 42.0 Å². The van der Waals surface area contributed by atoms with Crippen LogP contribution in [0.2, 0.25) is 0 Å². The van der Waals surface area contributed by atoms with Crippen molar-refractivity contribution in [1.82, 2.24) is 15.0 Å². The van der Waals surface area contributed by atoms with Gasteiger partial charge in [-0.05, 0) is 30.7 Å². The van der Waals surface area contributed by atoms with Crippen molar-refractivity contribution in [2.24, 2.45) is 0 Å². The Bertz CT molecular complexity index is 1310. The smallest absolute Gasteiger partial charge is 0.416 e. The number of fused-ring (bicyclic) bond motifs is 4. The van der Waals surface area contributed by atoms with Crippen molar-refractivity contribution in [3.8, 4) is 17.1 Å². The summed E-state index contributed by atoms with van der Waals surface area (Å²) in [6, 6.07) is 7.59. The molecule has 1 fully saturated rings. The summed E-state index contributed by atoms with van der Waals surface area (Å²) < 4.78 is 45.0. The lowest BCUT2D eigenvalue weighted by atomic mass is 10.1. The Morgan fingerprint density at radius 2 is 2.05 bits per heavy atom. The van der Waals surface area contributed by atoms with Crippen molar-refractivity contribution in [3.63, 3.8) is 0 Å².